The molecule has 2 aromatic carbocycles. The fourth-order valence-electron chi connectivity index (χ4n) is 8.94. The Morgan fingerprint density at radius 1 is 1.10 bits per heavy atom. The molecule has 1 radical (unpaired) electrons. The number of benzene rings is 2. The number of phenolic OH excluding ortho intramolecular Hbond substituents is 2. The molecule has 2 fully saturated rings. The summed E-state index contributed by atoms with van der Waals surface area (Å²) in [7, 11) is 3.52. The van der Waals surface area contributed by atoms with Crippen molar-refractivity contribution >= 4 is 12.0 Å². The van der Waals surface area contributed by atoms with Crippen molar-refractivity contribution in [3.8, 4) is 34.8 Å². The molecule has 265 valence electrons. The molecule has 2 bridgehead atoms. The number of fused-ring (bicyclic) bond motifs is 9. The Hall–Kier alpha value is -2.97. The number of methoxy groups -OCH3 is 1. The van der Waals surface area contributed by atoms with Gasteiger partial charge in [-0.25, -0.2) is 4.79 Å². The van der Waals surface area contributed by atoms with Crippen LogP contribution in [0.3, 0.4) is 0 Å². The van der Waals surface area contributed by atoms with Crippen molar-refractivity contribution in [2.45, 2.75) is 102 Å². The normalized spacial score (nSPS) is 26.6. The number of rotatable bonds is 4. The van der Waals surface area contributed by atoms with E-state index in [1.165, 1.54) is 12.0 Å². The molecular formula is C36H45AcN5O8. The maximum atomic E-state index is 13.9. The first-order valence-corrected chi connectivity index (χ1v) is 17.0. The first kappa shape index (κ1) is 36.8. The van der Waals surface area contributed by atoms with E-state index in [0.29, 0.717) is 66.2 Å². The topological polar surface area (TPSA) is 157 Å². The van der Waals surface area contributed by atoms with E-state index < -0.39 is 29.8 Å². The summed E-state index contributed by atoms with van der Waals surface area (Å²) >= 11 is 0. The standard InChI is InChI=1S/C36H45N5O8.Ac/c1-17-11-19-12-22-24(14-37)41-23(28(39(22)6)26(19)30(43)31(17)46-7)13-20-27(33-32(47-16-48-33)18(2)29(20)42)25(41)15-38-34(44)21-9-8-10-40(21)35(45)49-36(3,4)5;/h11,21-25,28,42-43H,8-10,12-13,15-16H2,1-7H3,(H,38,44);/t21-,22-,23?,24-,25-,28-;/m0./s1. The molecular weight excluding hydrogens is 857 g/mol. The van der Waals surface area contributed by atoms with E-state index in [-0.39, 0.29) is 92.9 Å². The number of likely N-dealkylation sites (N-methyl/N-ethyl adjacent to an activating group) is 1. The van der Waals surface area contributed by atoms with Crippen molar-refractivity contribution in [3.05, 3.63) is 39.4 Å². The van der Waals surface area contributed by atoms with Gasteiger partial charge >= 0.3 is 6.09 Å². The second-order valence-corrected chi connectivity index (χ2v) is 14.8. The van der Waals surface area contributed by atoms with Crippen LogP contribution in [-0.4, -0.2) is 101 Å². The molecule has 6 atom stereocenters. The Balaban J connectivity index is 0.00000432. The van der Waals surface area contributed by atoms with Gasteiger partial charge in [0.15, 0.2) is 23.0 Å². The van der Waals surface area contributed by atoms with E-state index in [9.17, 15) is 25.1 Å². The summed E-state index contributed by atoms with van der Waals surface area (Å²) in [5.74, 6) is 1.20. The number of nitriles is 1. The van der Waals surface area contributed by atoms with Gasteiger partial charge in [0.25, 0.3) is 0 Å². The second kappa shape index (κ2) is 13.5. The smallest absolute Gasteiger partial charge is 0.410 e. The molecule has 1 unspecified atom stereocenters. The number of amides is 2. The third-order valence-corrected chi connectivity index (χ3v) is 10.9. The van der Waals surface area contributed by atoms with E-state index in [1.807, 2.05) is 20.0 Å². The minimum atomic E-state index is -0.705. The van der Waals surface area contributed by atoms with Crippen molar-refractivity contribution in [1.29, 1.82) is 5.26 Å². The number of phenols is 2. The maximum absolute atomic E-state index is 13.9. The zero-order valence-corrected chi connectivity index (χ0v) is 34.4. The maximum Gasteiger partial charge on any atom is 0.410 e. The number of aryl methyl sites for hydroxylation is 1. The number of likely N-dealkylation sites (tertiary alicyclic amines) is 1. The Labute approximate surface area is 328 Å². The molecule has 5 aliphatic heterocycles. The molecule has 0 aromatic heterocycles. The van der Waals surface area contributed by atoms with Gasteiger partial charge in [-0.3, -0.25) is 19.5 Å². The van der Waals surface area contributed by atoms with E-state index in [1.54, 1.807) is 27.7 Å². The van der Waals surface area contributed by atoms with Gasteiger partial charge in [-0.1, -0.05) is 6.07 Å². The monoisotopic (exact) mass is 902 g/mol. The predicted octanol–water partition coefficient (Wildman–Crippen LogP) is 3.74. The van der Waals surface area contributed by atoms with Crippen LogP contribution in [-0.2, 0) is 22.4 Å². The summed E-state index contributed by atoms with van der Waals surface area (Å²) < 4.78 is 23.1. The summed E-state index contributed by atoms with van der Waals surface area (Å²) in [5.41, 5.74) is 3.72. The molecule has 0 spiro atoms. The number of ether oxygens (including phenoxy) is 4. The molecule has 3 N–H and O–H groups in total. The van der Waals surface area contributed by atoms with Crippen molar-refractivity contribution < 1.29 is 82.8 Å². The van der Waals surface area contributed by atoms with Gasteiger partial charge in [-0.05, 0) is 78.5 Å². The van der Waals surface area contributed by atoms with Crippen LogP contribution in [0.15, 0.2) is 6.07 Å². The molecule has 0 saturated carbocycles. The summed E-state index contributed by atoms with van der Waals surface area (Å²) in [6.07, 6.45) is 1.52. The number of nitrogens with zero attached hydrogens (tertiary/aromatic N) is 4. The largest absolute Gasteiger partial charge is 0.507 e. The number of aromatic hydroxyl groups is 2. The minimum absolute atomic E-state index is 0. The first-order chi connectivity index (χ1) is 23.3. The van der Waals surface area contributed by atoms with Crippen LogP contribution in [0.5, 0.6) is 28.7 Å². The van der Waals surface area contributed by atoms with Crippen molar-refractivity contribution in [3.63, 3.8) is 0 Å². The van der Waals surface area contributed by atoms with Gasteiger partial charge in [0, 0.05) is 91.5 Å². The number of hydrogen-bond donors (Lipinski definition) is 3. The Bertz CT molecular complexity index is 1770. The van der Waals surface area contributed by atoms with Gasteiger partial charge in [-0.2, -0.15) is 5.26 Å². The molecule has 7 rings (SSSR count). The van der Waals surface area contributed by atoms with Gasteiger partial charge in [-0.15, -0.1) is 0 Å². The van der Waals surface area contributed by atoms with Crippen LogP contribution in [0.1, 0.15) is 79.1 Å². The molecule has 5 aliphatic rings. The molecule has 50 heavy (non-hydrogen) atoms. The quantitative estimate of drug-likeness (QED) is 0.411. The Morgan fingerprint density at radius 2 is 1.82 bits per heavy atom. The summed E-state index contributed by atoms with van der Waals surface area (Å²) in [6, 6.07) is 1.75. The van der Waals surface area contributed by atoms with Gasteiger partial charge in [0.2, 0.25) is 12.7 Å². The fourth-order valence-corrected chi connectivity index (χ4v) is 8.94. The number of piperazine rings is 1. The van der Waals surface area contributed by atoms with Crippen LogP contribution in [0, 0.1) is 69.2 Å². The molecule has 2 saturated heterocycles. The number of hydrogen-bond acceptors (Lipinski definition) is 11. The fraction of sp³-hybridized carbons (Fsp3) is 0.583. The van der Waals surface area contributed by atoms with E-state index in [2.05, 4.69) is 21.2 Å². The zero-order valence-electron chi connectivity index (χ0n) is 29.7. The first-order valence-electron chi connectivity index (χ1n) is 17.0. The number of carbonyl (C=O) groups is 2. The third-order valence-electron chi connectivity index (χ3n) is 10.9. The average Bonchev–Trinajstić information content (AvgIpc) is 3.73. The van der Waals surface area contributed by atoms with E-state index in [0.717, 1.165) is 16.7 Å². The van der Waals surface area contributed by atoms with Crippen molar-refractivity contribution in [2.75, 3.05) is 34.0 Å². The van der Waals surface area contributed by atoms with Crippen LogP contribution < -0.4 is 19.5 Å². The SMILES string of the molecule is COc1c(C)cc2c(c1O)[C@@H]1C3Cc4c(O)c(C)c5c(c4[C@H](CNC(=O)[C@@H]4CCCN4C(=O)OC(C)(C)C)N3[C@@H](C#N)[C@H](C2)N1C)OCO5.[Ac]. The number of carbonyl (C=O) groups excluding carboxylic acids is 2. The Morgan fingerprint density at radius 3 is 2.50 bits per heavy atom. The minimum Gasteiger partial charge on any atom is -0.507 e. The zero-order chi connectivity index (χ0) is 35.1. The van der Waals surface area contributed by atoms with Crippen LogP contribution in [0.2, 0.25) is 0 Å². The molecule has 2 aromatic rings. The van der Waals surface area contributed by atoms with Crippen LogP contribution >= 0.6 is 0 Å². The van der Waals surface area contributed by atoms with Crippen LogP contribution in [0.4, 0.5) is 4.79 Å². The van der Waals surface area contributed by atoms with E-state index >= 15 is 0 Å². The summed E-state index contributed by atoms with van der Waals surface area (Å²) in [5, 5.41) is 37.3. The summed E-state index contributed by atoms with van der Waals surface area (Å²) in [4.78, 5) is 32.7. The molecule has 13 nitrogen and oxygen atoms in total. The predicted molar refractivity (Wildman–Crippen MR) is 177 cm³/mol. The molecule has 5 heterocycles. The number of nitrogens with one attached hydrogen (secondary N) is 1. The van der Waals surface area contributed by atoms with Crippen molar-refractivity contribution in [2.24, 2.45) is 0 Å². The molecule has 2 amide bonds. The van der Waals surface area contributed by atoms with Gasteiger partial charge in [0.05, 0.1) is 25.3 Å². The third kappa shape index (κ3) is 5.77. The van der Waals surface area contributed by atoms with Crippen LogP contribution in [0.25, 0.3) is 0 Å². The Kier molecular flexibility index (Phi) is 9.97. The van der Waals surface area contributed by atoms with Gasteiger partial charge in [0.1, 0.15) is 23.4 Å². The second-order valence-electron chi connectivity index (χ2n) is 14.8. The molecule has 14 heteroatoms. The van der Waals surface area contributed by atoms with Crippen molar-refractivity contribution in [1.82, 2.24) is 20.0 Å². The molecule has 0 aliphatic carbocycles. The summed E-state index contributed by atoms with van der Waals surface area (Å²) in [6.45, 7) is 9.54. The average molecular weight is 903 g/mol. The van der Waals surface area contributed by atoms with Gasteiger partial charge < -0.3 is 34.5 Å². The van der Waals surface area contributed by atoms with E-state index in [4.69, 9.17) is 18.9 Å².